The van der Waals surface area contributed by atoms with Gasteiger partial charge in [0.1, 0.15) is 0 Å². The van der Waals surface area contributed by atoms with E-state index >= 15 is 0 Å². The molecule has 1 fully saturated rings. The second-order valence-electron chi connectivity index (χ2n) is 4.42. The number of carbonyl (C=O) groups is 2. The van der Waals surface area contributed by atoms with Crippen LogP contribution in [0.2, 0.25) is 0 Å². The van der Waals surface area contributed by atoms with Crippen LogP contribution in [0, 0.1) is 5.92 Å². The Morgan fingerprint density at radius 3 is 2.47 bits per heavy atom. The minimum absolute atomic E-state index is 0.0392. The van der Waals surface area contributed by atoms with E-state index in [9.17, 15) is 9.59 Å². The number of aliphatic carboxylic acids is 1. The summed E-state index contributed by atoms with van der Waals surface area (Å²) in [5.74, 6) is -0.831. The molecule has 98 valence electrons. The standard InChI is InChI=1S/C12H21NO4/c1-3-8(4-2)11(14)13-7-9-5-6-10(17-9)12(15)16/h8-10H,3-7H2,1-2H3,(H,13,14)(H,15,16). The summed E-state index contributed by atoms with van der Waals surface area (Å²) < 4.78 is 5.31. The van der Waals surface area contributed by atoms with Gasteiger partial charge in [0, 0.05) is 12.5 Å². The van der Waals surface area contributed by atoms with Crippen molar-refractivity contribution in [3.8, 4) is 0 Å². The highest BCUT2D eigenvalue weighted by atomic mass is 16.5. The summed E-state index contributed by atoms with van der Waals surface area (Å²) in [6.45, 7) is 4.39. The molecule has 1 aliphatic rings. The molecule has 1 saturated heterocycles. The Hall–Kier alpha value is -1.10. The van der Waals surface area contributed by atoms with Crippen LogP contribution in [0.5, 0.6) is 0 Å². The van der Waals surface area contributed by atoms with E-state index in [2.05, 4.69) is 5.32 Å². The number of carboxylic acid groups (broad SMARTS) is 1. The topological polar surface area (TPSA) is 75.6 Å². The van der Waals surface area contributed by atoms with Crippen molar-refractivity contribution in [1.82, 2.24) is 5.32 Å². The Morgan fingerprint density at radius 1 is 1.35 bits per heavy atom. The maximum absolute atomic E-state index is 11.7. The van der Waals surface area contributed by atoms with Crippen LogP contribution in [-0.2, 0) is 14.3 Å². The molecule has 2 N–H and O–H groups in total. The zero-order valence-corrected chi connectivity index (χ0v) is 10.4. The fourth-order valence-corrected chi connectivity index (χ4v) is 2.06. The van der Waals surface area contributed by atoms with Crippen molar-refractivity contribution in [1.29, 1.82) is 0 Å². The van der Waals surface area contributed by atoms with Crippen molar-refractivity contribution in [3.63, 3.8) is 0 Å². The fraction of sp³-hybridized carbons (Fsp3) is 0.833. The van der Waals surface area contributed by atoms with Crippen molar-refractivity contribution in [3.05, 3.63) is 0 Å². The first kappa shape index (κ1) is 14.0. The normalized spacial score (nSPS) is 23.9. The van der Waals surface area contributed by atoms with Crippen LogP contribution >= 0.6 is 0 Å². The van der Waals surface area contributed by atoms with E-state index in [0.29, 0.717) is 19.4 Å². The molecule has 0 aromatic heterocycles. The highest BCUT2D eigenvalue weighted by Crippen LogP contribution is 2.19. The van der Waals surface area contributed by atoms with E-state index in [1.165, 1.54) is 0 Å². The van der Waals surface area contributed by atoms with Gasteiger partial charge in [0.05, 0.1) is 6.10 Å². The van der Waals surface area contributed by atoms with Crippen LogP contribution in [0.1, 0.15) is 39.5 Å². The smallest absolute Gasteiger partial charge is 0.332 e. The SMILES string of the molecule is CCC(CC)C(=O)NCC1CCC(C(=O)O)O1. The van der Waals surface area contributed by atoms with Gasteiger partial charge < -0.3 is 15.2 Å². The number of hydrogen-bond donors (Lipinski definition) is 2. The maximum atomic E-state index is 11.7. The summed E-state index contributed by atoms with van der Waals surface area (Å²) >= 11 is 0. The van der Waals surface area contributed by atoms with Crippen molar-refractivity contribution in [2.24, 2.45) is 5.92 Å². The second-order valence-corrected chi connectivity index (χ2v) is 4.42. The second kappa shape index (κ2) is 6.59. The quantitative estimate of drug-likeness (QED) is 0.734. The summed E-state index contributed by atoms with van der Waals surface area (Å²) in [7, 11) is 0. The van der Waals surface area contributed by atoms with Crippen LogP contribution in [0.25, 0.3) is 0 Å². The van der Waals surface area contributed by atoms with Gasteiger partial charge >= 0.3 is 5.97 Å². The first-order chi connectivity index (χ1) is 8.08. The molecular formula is C12H21NO4. The average Bonchev–Trinajstić information content (AvgIpc) is 2.76. The Balaban J connectivity index is 2.28. The summed E-state index contributed by atoms with van der Waals surface area (Å²) in [5, 5.41) is 11.6. The Morgan fingerprint density at radius 2 is 2.00 bits per heavy atom. The monoisotopic (exact) mass is 243 g/mol. The molecule has 1 rings (SSSR count). The number of ether oxygens (including phenoxy) is 1. The molecule has 2 unspecified atom stereocenters. The van der Waals surface area contributed by atoms with E-state index in [1.54, 1.807) is 0 Å². The molecule has 1 aliphatic heterocycles. The minimum Gasteiger partial charge on any atom is -0.479 e. The molecule has 0 bridgehead atoms. The van der Waals surface area contributed by atoms with Crippen molar-refractivity contribution in [2.45, 2.75) is 51.7 Å². The number of nitrogens with one attached hydrogen (secondary N) is 1. The average molecular weight is 243 g/mol. The molecule has 1 heterocycles. The van der Waals surface area contributed by atoms with Gasteiger partial charge in [-0.15, -0.1) is 0 Å². The maximum Gasteiger partial charge on any atom is 0.332 e. The number of carboxylic acids is 1. The first-order valence-electron chi connectivity index (χ1n) is 6.24. The molecular weight excluding hydrogens is 222 g/mol. The largest absolute Gasteiger partial charge is 0.479 e. The Kier molecular flexibility index (Phi) is 5.41. The van der Waals surface area contributed by atoms with Crippen molar-refractivity contribution in [2.75, 3.05) is 6.54 Å². The van der Waals surface area contributed by atoms with Crippen LogP contribution < -0.4 is 5.32 Å². The molecule has 0 saturated carbocycles. The lowest BCUT2D eigenvalue weighted by Crippen LogP contribution is -2.36. The van der Waals surface area contributed by atoms with E-state index in [-0.39, 0.29) is 17.9 Å². The predicted octanol–water partition coefficient (Wildman–Crippen LogP) is 1.17. The van der Waals surface area contributed by atoms with Crippen LogP contribution in [-0.4, -0.2) is 35.7 Å². The summed E-state index contributed by atoms with van der Waals surface area (Å²) in [6.07, 6.45) is 2.01. The van der Waals surface area contributed by atoms with E-state index in [0.717, 1.165) is 12.8 Å². The van der Waals surface area contributed by atoms with Crippen LogP contribution in [0.3, 0.4) is 0 Å². The van der Waals surface area contributed by atoms with Gasteiger partial charge in [0.2, 0.25) is 5.91 Å². The highest BCUT2D eigenvalue weighted by molar-refractivity contribution is 5.78. The van der Waals surface area contributed by atoms with Crippen molar-refractivity contribution >= 4 is 11.9 Å². The molecule has 17 heavy (non-hydrogen) atoms. The van der Waals surface area contributed by atoms with Gasteiger partial charge in [-0.3, -0.25) is 4.79 Å². The molecule has 0 spiro atoms. The van der Waals surface area contributed by atoms with Crippen molar-refractivity contribution < 1.29 is 19.4 Å². The molecule has 0 aromatic carbocycles. The number of hydrogen-bond acceptors (Lipinski definition) is 3. The predicted molar refractivity (Wildman–Crippen MR) is 62.6 cm³/mol. The van der Waals surface area contributed by atoms with Gasteiger partial charge in [0.25, 0.3) is 0 Å². The highest BCUT2D eigenvalue weighted by Gasteiger charge is 2.30. The number of amides is 1. The van der Waals surface area contributed by atoms with E-state index in [1.807, 2.05) is 13.8 Å². The van der Waals surface area contributed by atoms with Crippen LogP contribution in [0.15, 0.2) is 0 Å². The summed E-state index contributed by atoms with van der Waals surface area (Å²) in [4.78, 5) is 22.4. The zero-order chi connectivity index (χ0) is 12.8. The lowest BCUT2D eigenvalue weighted by Gasteiger charge is -2.16. The van der Waals surface area contributed by atoms with E-state index < -0.39 is 12.1 Å². The minimum atomic E-state index is -0.918. The lowest BCUT2D eigenvalue weighted by atomic mass is 10.0. The van der Waals surface area contributed by atoms with Gasteiger partial charge in [0.15, 0.2) is 6.10 Å². The van der Waals surface area contributed by atoms with Gasteiger partial charge in [-0.2, -0.15) is 0 Å². The molecule has 5 heteroatoms. The van der Waals surface area contributed by atoms with Gasteiger partial charge in [-0.1, -0.05) is 13.8 Å². The molecule has 0 aliphatic carbocycles. The summed E-state index contributed by atoms with van der Waals surface area (Å²) in [5.41, 5.74) is 0. The lowest BCUT2D eigenvalue weighted by molar-refractivity contribution is -0.149. The third kappa shape index (κ3) is 4.00. The molecule has 0 aromatic rings. The fourth-order valence-electron chi connectivity index (χ4n) is 2.06. The first-order valence-corrected chi connectivity index (χ1v) is 6.24. The van der Waals surface area contributed by atoms with E-state index in [4.69, 9.17) is 9.84 Å². The molecule has 2 atom stereocenters. The zero-order valence-electron chi connectivity index (χ0n) is 10.4. The molecule has 5 nitrogen and oxygen atoms in total. The van der Waals surface area contributed by atoms with Gasteiger partial charge in [-0.05, 0) is 25.7 Å². The number of rotatable bonds is 6. The van der Waals surface area contributed by atoms with Gasteiger partial charge in [-0.25, -0.2) is 4.79 Å². The van der Waals surface area contributed by atoms with Crippen LogP contribution in [0.4, 0.5) is 0 Å². The molecule has 0 radical (unpaired) electrons. The third-order valence-corrected chi connectivity index (χ3v) is 3.24. The molecule has 1 amide bonds. The third-order valence-electron chi connectivity index (χ3n) is 3.24. The Bertz CT molecular complexity index is 276. The number of carbonyl (C=O) groups excluding carboxylic acids is 1. The Labute approximate surface area is 102 Å². The summed E-state index contributed by atoms with van der Waals surface area (Å²) in [6, 6.07) is 0.